The zero-order valence-electron chi connectivity index (χ0n) is 9.78. The van der Waals surface area contributed by atoms with Crippen LogP contribution in [0.2, 0.25) is 0 Å². The lowest BCUT2D eigenvalue weighted by atomic mass is 9.99. The van der Waals surface area contributed by atoms with Crippen LogP contribution in [0.25, 0.3) is 0 Å². The van der Waals surface area contributed by atoms with Gasteiger partial charge in [0, 0.05) is 0 Å². The first-order valence-electron chi connectivity index (χ1n) is 5.13. The molecule has 7 heteroatoms. The number of hydrogen-bond donors (Lipinski definition) is 0. The lowest BCUT2D eigenvalue weighted by Gasteiger charge is -2.10. The summed E-state index contributed by atoms with van der Waals surface area (Å²) >= 11 is 0. The van der Waals surface area contributed by atoms with E-state index >= 15 is 0 Å². The Morgan fingerprint density at radius 2 is 2.11 bits per heavy atom. The van der Waals surface area contributed by atoms with Gasteiger partial charge in [-0.3, -0.25) is 14.9 Å². The van der Waals surface area contributed by atoms with Gasteiger partial charge in [-0.15, -0.1) is 0 Å². The first-order chi connectivity index (χ1) is 8.36. The molecule has 0 heterocycles. The van der Waals surface area contributed by atoms with Crippen LogP contribution in [0.5, 0.6) is 5.75 Å². The molecule has 18 heavy (non-hydrogen) atoms. The highest BCUT2D eigenvalue weighted by Gasteiger charge is 2.23. The molecule has 0 atom stereocenters. The molecule has 0 aliphatic carbocycles. The SMILES string of the molecule is CCc1cc(OC(F)F)cc([N+](=O)[O-])c1C(C)=O. The van der Waals surface area contributed by atoms with E-state index in [1.54, 1.807) is 6.92 Å². The third kappa shape index (κ3) is 2.99. The highest BCUT2D eigenvalue weighted by molar-refractivity contribution is 5.99. The van der Waals surface area contributed by atoms with Crippen molar-refractivity contribution in [3.05, 3.63) is 33.4 Å². The molecule has 0 aromatic heterocycles. The van der Waals surface area contributed by atoms with Crippen molar-refractivity contribution in [2.24, 2.45) is 0 Å². The fourth-order valence-corrected chi connectivity index (χ4v) is 1.66. The van der Waals surface area contributed by atoms with Crippen molar-refractivity contribution in [1.82, 2.24) is 0 Å². The monoisotopic (exact) mass is 259 g/mol. The van der Waals surface area contributed by atoms with E-state index in [0.29, 0.717) is 12.0 Å². The molecule has 1 aromatic carbocycles. The molecule has 0 spiro atoms. The van der Waals surface area contributed by atoms with Crippen molar-refractivity contribution in [2.45, 2.75) is 26.9 Å². The summed E-state index contributed by atoms with van der Waals surface area (Å²) in [5.41, 5.74) is -0.269. The molecule has 0 radical (unpaired) electrons. The molecule has 0 saturated carbocycles. The van der Waals surface area contributed by atoms with Gasteiger partial charge in [-0.2, -0.15) is 8.78 Å². The Balaban J connectivity index is 3.43. The lowest BCUT2D eigenvalue weighted by Crippen LogP contribution is -2.08. The number of ether oxygens (including phenoxy) is 1. The highest BCUT2D eigenvalue weighted by atomic mass is 19.3. The molecule has 0 saturated heterocycles. The number of carbonyl (C=O) groups excluding carboxylic acids is 1. The Morgan fingerprint density at radius 1 is 1.50 bits per heavy atom. The number of benzene rings is 1. The molecule has 0 aliphatic heterocycles. The number of halogens is 2. The largest absolute Gasteiger partial charge is 0.435 e. The number of rotatable bonds is 5. The number of nitro groups is 1. The summed E-state index contributed by atoms with van der Waals surface area (Å²) in [4.78, 5) is 21.4. The van der Waals surface area contributed by atoms with Crippen molar-refractivity contribution in [1.29, 1.82) is 0 Å². The van der Waals surface area contributed by atoms with Gasteiger partial charge in [0.2, 0.25) is 0 Å². The Kier molecular flexibility index (Phi) is 4.30. The van der Waals surface area contributed by atoms with E-state index in [9.17, 15) is 23.7 Å². The average molecular weight is 259 g/mol. The fourth-order valence-electron chi connectivity index (χ4n) is 1.66. The van der Waals surface area contributed by atoms with E-state index in [1.165, 1.54) is 13.0 Å². The van der Waals surface area contributed by atoms with Crippen molar-refractivity contribution < 1.29 is 23.2 Å². The van der Waals surface area contributed by atoms with E-state index in [0.717, 1.165) is 6.07 Å². The summed E-state index contributed by atoms with van der Waals surface area (Å²) in [5, 5.41) is 10.8. The van der Waals surface area contributed by atoms with Gasteiger partial charge < -0.3 is 4.74 Å². The molecule has 0 aliphatic rings. The van der Waals surface area contributed by atoms with E-state index in [2.05, 4.69) is 4.74 Å². The number of alkyl halides is 2. The third-order valence-corrected chi connectivity index (χ3v) is 2.33. The molecule has 5 nitrogen and oxygen atoms in total. The van der Waals surface area contributed by atoms with E-state index in [4.69, 9.17) is 0 Å². The van der Waals surface area contributed by atoms with Crippen molar-refractivity contribution in [3.8, 4) is 5.75 Å². The summed E-state index contributed by atoms with van der Waals surface area (Å²) in [5.74, 6) is -0.805. The number of carbonyl (C=O) groups is 1. The maximum Gasteiger partial charge on any atom is 0.387 e. The molecule has 0 bridgehead atoms. The number of nitrogens with zero attached hydrogens (tertiary/aromatic N) is 1. The Hall–Kier alpha value is -2.05. The predicted octanol–water partition coefficient (Wildman–Crippen LogP) is 2.96. The van der Waals surface area contributed by atoms with Crippen LogP contribution in [0.15, 0.2) is 12.1 Å². The minimum Gasteiger partial charge on any atom is -0.435 e. The summed E-state index contributed by atoms with van der Waals surface area (Å²) in [6.07, 6.45) is 0.302. The van der Waals surface area contributed by atoms with Gasteiger partial charge in [0.05, 0.1) is 16.6 Å². The van der Waals surface area contributed by atoms with Gasteiger partial charge in [-0.25, -0.2) is 0 Å². The van der Waals surface area contributed by atoms with Crippen molar-refractivity contribution >= 4 is 11.5 Å². The molecule has 1 rings (SSSR count). The second kappa shape index (κ2) is 5.52. The van der Waals surface area contributed by atoms with Crippen LogP contribution in [-0.4, -0.2) is 17.3 Å². The lowest BCUT2D eigenvalue weighted by molar-refractivity contribution is -0.385. The zero-order valence-corrected chi connectivity index (χ0v) is 9.78. The molecule has 0 N–H and O–H groups in total. The first kappa shape index (κ1) is 14.0. The second-order valence-corrected chi connectivity index (χ2v) is 3.52. The van der Waals surface area contributed by atoms with E-state index < -0.39 is 23.0 Å². The topological polar surface area (TPSA) is 69.4 Å². The van der Waals surface area contributed by atoms with Crippen LogP contribution in [-0.2, 0) is 6.42 Å². The molecular formula is C11H11F2NO4. The number of hydrogen-bond acceptors (Lipinski definition) is 4. The Labute approximate surface area is 102 Å². The Morgan fingerprint density at radius 3 is 2.50 bits per heavy atom. The maximum absolute atomic E-state index is 12.1. The normalized spacial score (nSPS) is 10.5. The van der Waals surface area contributed by atoms with Crippen LogP contribution in [0.1, 0.15) is 29.8 Å². The van der Waals surface area contributed by atoms with Gasteiger partial charge in [0.15, 0.2) is 5.78 Å². The van der Waals surface area contributed by atoms with Crippen molar-refractivity contribution in [2.75, 3.05) is 0 Å². The minimum absolute atomic E-state index is 0.0656. The number of Topliss-reactive ketones (excluding diaryl/α,β-unsaturated/α-hetero) is 1. The van der Waals surface area contributed by atoms with Gasteiger partial charge in [0.25, 0.3) is 5.69 Å². The average Bonchev–Trinajstić information content (AvgIpc) is 2.26. The zero-order chi connectivity index (χ0) is 13.9. The fraction of sp³-hybridized carbons (Fsp3) is 0.364. The first-order valence-corrected chi connectivity index (χ1v) is 5.13. The summed E-state index contributed by atoms with van der Waals surface area (Å²) in [7, 11) is 0. The molecular weight excluding hydrogens is 248 g/mol. The third-order valence-electron chi connectivity index (χ3n) is 2.33. The maximum atomic E-state index is 12.1. The van der Waals surface area contributed by atoms with Gasteiger partial charge >= 0.3 is 6.61 Å². The van der Waals surface area contributed by atoms with Gasteiger partial charge in [0.1, 0.15) is 5.75 Å². The number of aryl methyl sites for hydroxylation is 1. The summed E-state index contributed by atoms with van der Waals surface area (Å²) in [6.45, 7) is -0.218. The molecule has 0 amide bonds. The van der Waals surface area contributed by atoms with E-state index in [1.807, 2.05) is 0 Å². The van der Waals surface area contributed by atoms with Crippen LogP contribution >= 0.6 is 0 Å². The highest BCUT2D eigenvalue weighted by Crippen LogP contribution is 2.30. The smallest absolute Gasteiger partial charge is 0.387 e. The molecule has 0 unspecified atom stereocenters. The van der Waals surface area contributed by atoms with Gasteiger partial charge in [-0.05, 0) is 25.0 Å². The minimum atomic E-state index is -3.07. The Bertz CT molecular complexity index is 488. The van der Waals surface area contributed by atoms with Crippen LogP contribution in [0.3, 0.4) is 0 Å². The second-order valence-electron chi connectivity index (χ2n) is 3.52. The number of ketones is 1. The molecule has 0 fully saturated rings. The predicted molar refractivity (Wildman–Crippen MR) is 59.1 cm³/mol. The van der Waals surface area contributed by atoms with Crippen LogP contribution < -0.4 is 4.74 Å². The van der Waals surface area contributed by atoms with Crippen LogP contribution in [0, 0.1) is 10.1 Å². The summed E-state index contributed by atoms with van der Waals surface area (Å²) < 4.78 is 28.3. The van der Waals surface area contributed by atoms with Crippen molar-refractivity contribution in [3.63, 3.8) is 0 Å². The molecule has 98 valence electrons. The molecule has 1 aromatic rings. The quantitative estimate of drug-likeness (QED) is 0.463. The van der Waals surface area contributed by atoms with Crippen LogP contribution in [0.4, 0.5) is 14.5 Å². The van der Waals surface area contributed by atoms with Gasteiger partial charge in [-0.1, -0.05) is 6.92 Å². The number of nitro benzene ring substituents is 1. The summed E-state index contributed by atoms with van der Waals surface area (Å²) in [6, 6.07) is 2.05. The standard InChI is InChI=1S/C11H11F2NO4/c1-3-7-4-8(18-11(12)13)5-9(14(16)17)10(7)6(2)15/h4-5,11H,3H2,1-2H3. The van der Waals surface area contributed by atoms with E-state index in [-0.39, 0.29) is 11.3 Å².